The molecule has 0 bridgehead atoms. The number of carboxylic acid groups (broad SMARTS) is 1. The molecule has 0 aromatic heterocycles. The van der Waals surface area contributed by atoms with Crippen LogP contribution in [0.1, 0.15) is 26.3 Å². The van der Waals surface area contributed by atoms with Crippen molar-refractivity contribution in [3.8, 4) is 0 Å². The van der Waals surface area contributed by atoms with Gasteiger partial charge in [0.05, 0.1) is 18.3 Å². The minimum Gasteiger partial charge on any atom is -0.478 e. The summed E-state index contributed by atoms with van der Waals surface area (Å²) >= 11 is 0. The summed E-state index contributed by atoms with van der Waals surface area (Å²) in [6, 6.07) is 16.1. The predicted molar refractivity (Wildman–Crippen MR) is 89.2 cm³/mol. The van der Waals surface area contributed by atoms with E-state index in [9.17, 15) is 9.59 Å². The van der Waals surface area contributed by atoms with Gasteiger partial charge in [0.15, 0.2) is 0 Å². The zero-order valence-electron chi connectivity index (χ0n) is 13.2. The number of carboxylic acids is 1. The Morgan fingerprint density at radius 3 is 2.38 bits per heavy atom. The molecule has 0 radical (unpaired) electrons. The molecule has 1 fully saturated rings. The number of benzene rings is 2. The first kappa shape index (κ1) is 16.2. The van der Waals surface area contributed by atoms with Gasteiger partial charge in [-0.2, -0.15) is 0 Å². The Labute approximate surface area is 140 Å². The molecule has 1 heterocycles. The first-order valence-electron chi connectivity index (χ1n) is 7.91. The third-order valence-electron chi connectivity index (χ3n) is 4.11. The fourth-order valence-electron chi connectivity index (χ4n) is 2.84. The highest BCUT2D eigenvalue weighted by Gasteiger charge is 2.25. The second-order valence-corrected chi connectivity index (χ2v) is 5.82. The molecule has 2 aromatic rings. The highest BCUT2D eigenvalue weighted by Crippen LogP contribution is 2.15. The predicted octanol–water partition coefficient (Wildman–Crippen LogP) is 2.47. The van der Waals surface area contributed by atoms with Crippen molar-refractivity contribution in [1.29, 1.82) is 0 Å². The van der Waals surface area contributed by atoms with Crippen LogP contribution < -0.4 is 0 Å². The molecule has 2 aromatic carbocycles. The molecule has 5 nitrogen and oxygen atoms in total. The monoisotopic (exact) mass is 325 g/mol. The van der Waals surface area contributed by atoms with Crippen LogP contribution in [-0.2, 0) is 11.2 Å². The number of nitrogens with zero attached hydrogens (tertiary/aromatic N) is 1. The number of hydrogen-bond acceptors (Lipinski definition) is 3. The molecule has 1 unspecified atom stereocenters. The summed E-state index contributed by atoms with van der Waals surface area (Å²) in [4.78, 5) is 25.3. The lowest BCUT2D eigenvalue weighted by Gasteiger charge is -2.33. The maximum atomic E-state index is 12.6. The first-order chi connectivity index (χ1) is 11.6. The lowest BCUT2D eigenvalue weighted by molar-refractivity contribution is -0.0208. The van der Waals surface area contributed by atoms with E-state index < -0.39 is 5.97 Å². The quantitative estimate of drug-likeness (QED) is 0.938. The average Bonchev–Trinajstić information content (AvgIpc) is 2.62. The third kappa shape index (κ3) is 3.81. The molecule has 1 saturated heterocycles. The van der Waals surface area contributed by atoms with Gasteiger partial charge in [-0.1, -0.05) is 30.3 Å². The van der Waals surface area contributed by atoms with E-state index in [0.717, 1.165) is 6.42 Å². The van der Waals surface area contributed by atoms with Crippen molar-refractivity contribution in [1.82, 2.24) is 4.90 Å². The second kappa shape index (κ2) is 7.27. The van der Waals surface area contributed by atoms with Gasteiger partial charge in [-0.15, -0.1) is 0 Å². The van der Waals surface area contributed by atoms with Gasteiger partial charge in [-0.3, -0.25) is 4.79 Å². The average molecular weight is 325 g/mol. The highest BCUT2D eigenvalue weighted by molar-refractivity contribution is 5.96. The minimum absolute atomic E-state index is 0.0246. The fraction of sp³-hybridized carbons (Fsp3) is 0.263. The van der Waals surface area contributed by atoms with E-state index in [0.29, 0.717) is 25.3 Å². The Morgan fingerprint density at radius 1 is 1.04 bits per heavy atom. The van der Waals surface area contributed by atoms with E-state index >= 15 is 0 Å². The van der Waals surface area contributed by atoms with Gasteiger partial charge in [0.2, 0.25) is 0 Å². The summed E-state index contributed by atoms with van der Waals surface area (Å²) in [6.07, 6.45) is 0.742. The van der Waals surface area contributed by atoms with E-state index in [1.54, 1.807) is 17.0 Å². The zero-order valence-corrected chi connectivity index (χ0v) is 13.2. The number of carbonyl (C=O) groups excluding carboxylic acids is 1. The number of carbonyl (C=O) groups is 2. The summed E-state index contributed by atoms with van der Waals surface area (Å²) in [7, 11) is 0. The van der Waals surface area contributed by atoms with Crippen LogP contribution in [0.15, 0.2) is 54.6 Å². The van der Waals surface area contributed by atoms with E-state index in [1.807, 2.05) is 18.2 Å². The van der Waals surface area contributed by atoms with Crippen LogP contribution in [0.4, 0.5) is 0 Å². The van der Waals surface area contributed by atoms with Crippen LogP contribution in [0.25, 0.3) is 0 Å². The number of ether oxygens (including phenoxy) is 1. The molecule has 0 aliphatic carbocycles. The zero-order chi connectivity index (χ0) is 16.9. The van der Waals surface area contributed by atoms with E-state index in [4.69, 9.17) is 9.84 Å². The number of rotatable bonds is 4. The molecule has 1 aliphatic heterocycles. The third-order valence-corrected chi connectivity index (χ3v) is 4.11. The summed E-state index contributed by atoms with van der Waals surface area (Å²) in [6.45, 7) is 1.59. The molecule has 1 aliphatic rings. The van der Waals surface area contributed by atoms with Crippen molar-refractivity contribution >= 4 is 11.9 Å². The van der Waals surface area contributed by atoms with Crippen LogP contribution >= 0.6 is 0 Å². The summed E-state index contributed by atoms with van der Waals surface area (Å²) in [5.41, 5.74) is 1.86. The van der Waals surface area contributed by atoms with E-state index in [1.165, 1.54) is 17.7 Å². The number of aromatic carboxylic acids is 1. The van der Waals surface area contributed by atoms with Crippen molar-refractivity contribution in [3.63, 3.8) is 0 Å². The lowest BCUT2D eigenvalue weighted by atomic mass is 10.1. The summed E-state index contributed by atoms with van der Waals surface area (Å²) in [5.74, 6) is -1.09. The molecule has 1 atom stereocenters. The van der Waals surface area contributed by atoms with Crippen molar-refractivity contribution in [2.45, 2.75) is 12.5 Å². The van der Waals surface area contributed by atoms with Crippen molar-refractivity contribution in [3.05, 3.63) is 71.3 Å². The minimum atomic E-state index is -0.997. The smallest absolute Gasteiger partial charge is 0.335 e. The van der Waals surface area contributed by atoms with Crippen molar-refractivity contribution in [2.24, 2.45) is 0 Å². The highest BCUT2D eigenvalue weighted by atomic mass is 16.5. The van der Waals surface area contributed by atoms with Gasteiger partial charge < -0.3 is 14.7 Å². The number of morpholine rings is 1. The topological polar surface area (TPSA) is 66.8 Å². The van der Waals surface area contributed by atoms with Crippen LogP contribution in [0.2, 0.25) is 0 Å². The SMILES string of the molecule is O=C(O)c1ccc(C(=O)N2CCOC(Cc3ccccc3)C2)cc1. The van der Waals surface area contributed by atoms with Gasteiger partial charge in [-0.05, 0) is 29.8 Å². The van der Waals surface area contributed by atoms with Crippen LogP contribution in [0, 0.1) is 0 Å². The normalized spacial score (nSPS) is 17.5. The van der Waals surface area contributed by atoms with E-state index in [2.05, 4.69) is 12.1 Å². The first-order valence-corrected chi connectivity index (χ1v) is 7.91. The molecule has 3 rings (SSSR count). The van der Waals surface area contributed by atoms with Gasteiger partial charge in [0, 0.05) is 25.1 Å². The van der Waals surface area contributed by atoms with E-state index in [-0.39, 0.29) is 17.6 Å². The summed E-state index contributed by atoms with van der Waals surface area (Å²) in [5, 5.41) is 8.93. The van der Waals surface area contributed by atoms with Crippen molar-refractivity contribution < 1.29 is 19.4 Å². The van der Waals surface area contributed by atoms with Crippen LogP contribution in [0.3, 0.4) is 0 Å². The Balaban J connectivity index is 1.65. The van der Waals surface area contributed by atoms with Gasteiger partial charge >= 0.3 is 5.97 Å². The molecule has 5 heteroatoms. The number of hydrogen-bond donors (Lipinski definition) is 1. The Kier molecular flexibility index (Phi) is 4.91. The molecule has 24 heavy (non-hydrogen) atoms. The largest absolute Gasteiger partial charge is 0.478 e. The molecule has 0 spiro atoms. The molecular formula is C19H19NO4. The molecular weight excluding hydrogens is 306 g/mol. The van der Waals surface area contributed by atoms with Crippen molar-refractivity contribution in [2.75, 3.05) is 19.7 Å². The molecule has 1 amide bonds. The van der Waals surface area contributed by atoms with Gasteiger partial charge in [0.25, 0.3) is 5.91 Å². The lowest BCUT2D eigenvalue weighted by Crippen LogP contribution is -2.46. The standard InChI is InChI=1S/C19H19NO4/c21-18(15-6-8-16(9-7-15)19(22)23)20-10-11-24-17(13-20)12-14-4-2-1-3-5-14/h1-9,17H,10-13H2,(H,22,23). The Morgan fingerprint density at radius 2 is 1.71 bits per heavy atom. The van der Waals surface area contributed by atoms with Crippen LogP contribution in [-0.4, -0.2) is 47.7 Å². The van der Waals surface area contributed by atoms with Gasteiger partial charge in [0.1, 0.15) is 0 Å². The Hall–Kier alpha value is -2.66. The number of amides is 1. The Bertz CT molecular complexity index is 712. The molecule has 1 N–H and O–H groups in total. The fourth-order valence-corrected chi connectivity index (χ4v) is 2.84. The van der Waals surface area contributed by atoms with Crippen LogP contribution in [0.5, 0.6) is 0 Å². The maximum absolute atomic E-state index is 12.6. The second-order valence-electron chi connectivity index (χ2n) is 5.82. The maximum Gasteiger partial charge on any atom is 0.335 e. The van der Waals surface area contributed by atoms with Gasteiger partial charge in [-0.25, -0.2) is 4.79 Å². The molecule has 0 saturated carbocycles. The molecule has 124 valence electrons. The summed E-state index contributed by atoms with van der Waals surface area (Å²) < 4.78 is 5.78.